The molecule has 1 rings (SSSR count). The van der Waals surface area contributed by atoms with E-state index in [1.165, 1.54) is 0 Å². The summed E-state index contributed by atoms with van der Waals surface area (Å²) in [7, 11) is -0.993. The number of benzene rings is 1. The van der Waals surface area contributed by atoms with Gasteiger partial charge < -0.3 is 10.3 Å². The van der Waals surface area contributed by atoms with E-state index in [9.17, 15) is 9.42 Å². The fourth-order valence-electron chi connectivity index (χ4n) is 1.66. The molecule has 4 heteroatoms. The third kappa shape index (κ3) is 4.22. The summed E-state index contributed by atoms with van der Waals surface area (Å²) in [6.45, 7) is 5.61. The van der Waals surface area contributed by atoms with Gasteiger partial charge in [0.25, 0.3) is 0 Å². The van der Waals surface area contributed by atoms with Crippen LogP contribution in [0.4, 0.5) is 0 Å². The summed E-state index contributed by atoms with van der Waals surface area (Å²) in [6, 6.07) is 9.19. The molecule has 0 aliphatic heterocycles. The van der Waals surface area contributed by atoms with E-state index >= 15 is 0 Å². The van der Waals surface area contributed by atoms with Crippen molar-refractivity contribution in [3.05, 3.63) is 41.1 Å². The molecule has 96 valence electrons. The van der Waals surface area contributed by atoms with Gasteiger partial charge in [0.1, 0.15) is 0 Å². The Hall–Kier alpha value is -0.710. The van der Waals surface area contributed by atoms with Crippen LogP contribution in [0, 0.1) is 5.21 Å². The minimum absolute atomic E-state index is 0.345. The van der Waals surface area contributed by atoms with Gasteiger partial charge >= 0.3 is 0 Å². The Labute approximate surface area is 106 Å². The van der Waals surface area contributed by atoms with E-state index in [-0.39, 0.29) is 6.04 Å². The molecule has 0 amide bonds. The lowest BCUT2D eigenvalue weighted by molar-refractivity contribution is 0.158. The van der Waals surface area contributed by atoms with Crippen molar-refractivity contribution in [3.63, 3.8) is 0 Å². The van der Waals surface area contributed by atoms with Gasteiger partial charge in [0.2, 0.25) is 0 Å². The Bertz CT molecular complexity index is 373. The van der Waals surface area contributed by atoms with E-state index in [4.69, 9.17) is 0 Å². The maximum atomic E-state index is 12.3. The number of rotatable bonds is 4. The maximum absolute atomic E-state index is 12.3. The van der Waals surface area contributed by atoms with Crippen LogP contribution >= 0.6 is 0 Å². The molecule has 0 spiro atoms. The monoisotopic (exact) mass is 254 g/mol. The molecule has 2 atom stereocenters. The molecule has 0 aliphatic rings. The minimum Gasteiger partial charge on any atom is -0.784 e. The van der Waals surface area contributed by atoms with Crippen molar-refractivity contribution < 1.29 is 4.21 Å². The summed E-state index contributed by atoms with van der Waals surface area (Å²) >= 11 is 0. The lowest BCUT2D eigenvalue weighted by atomic mass is 10.0. The molecule has 0 fully saturated rings. The second-order valence-corrected chi connectivity index (χ2v) is 6.64. The van der Waals surface area contributed by atoms with Gasteiger partial charge in [-0.2, -0.15) is 0 Å². The molecule has 0 saturated carbocycles. The first-order chi connectivity index (χ1) is 7.82. The summed E-state index contributed by atoms with van der Waals surface area (Å²) in [6.07, 6.45) is 1.63. The minimum atomic E-state index is -0.993. The standard InChI is InChI=1S/C13H20NO2S/c1-13(2,3)14(15)12(10-17(4)16)11-8-6-5-7-9-11/h5-9,12H,10H2,1-4H3/q-1. The molecule has 0 aromatic heterocycles. The summed E-state index contributed by atoms with van der Waals surface area (Å²) in [4.78, 5) is 0. The van der Waals surface area contributed by atoms with Crippen molar-refractivity contribution in [3.8, 4) is 0 Å². The zero-order valence-corrected chi connectivity index (χ0v) is 11.7. The predicted octanol–water partition coefficient (Wildman–Crippen LogP) is 2.70. The molecule has 17 heavy (non-hydrogen) atoms. The number of hydrogen-bond acceptors (Lipinski definition) is 3. The topological polar surface area (TPSA) is 43.4 Å². The Morgan fingerprint density at radius 1 is 1.29 bits per heavy atom. The smallest absolute Gasteiger partial charge is 0.0421 e. The first-order valence-electron chi connectivity index (χ1n) is 5.64. The fourth-order valence-corrected chi connectivity index (χ4v) is 2.44. The first kappa shape index (κ1) is 14.4. The second-order valence-electron chi connectivity index (χ2n) is 5.16. The highest BCUT2D eigenvalue weighted by molar-refractivity contribution is 7.84. The van der Waals surface area contributed by atoms with E-state index in [0.717, 1.165) is 10.6 Å². The van der Waals surface area contributed by atoms with Gasteiger partial charge in [-0.3, -0.25) is 4.21 Å². The largest absolute Gasteiger partial charge is 0.784 e. The quantitative estimate of drug-likeness (QED) is 0.776. The van der Waals surface area contributed by atoms with Crippen LogP contribution in [0.25, 0.3) is 0 Å². The van der Waals surface area contributed by atoms with Crippen molar-refractivity contribution in [1.29, 1.82) is 0 Å². The van der Waals surface area contributed by atoms with Crippen molar-refractivity contribution in [2.45, 2.75) is 32.4 Å². The summed E-state index contributed by atoms with van der Waals surface area (Å²) in [5.74, 6) is 0.366. The highest BCUT2D eigenvalue weighted by Crippen LogP contribution is 2.27. The Kier molecular flexibility index (Phi) is 4.86. The zero-order chi connectivity index (χ0) is 13.1. The second kappa shape index (κ2) is 5.76. The van der Waals surface area contributed by atoms with Crippen molar-refractivity contribution in [2.75, 3.05) is 12.0 Å². The average Bonchev–Trinajstić information content (AvgIpc) is 2.24. The van der Waals surface area contributed by atoms with Crippen LogP contribution in [0.15, 0.2) is 30.3 Å². The van der Waals surface area contributed by atoms with Gasteiger partial charge in [-0.1, -0.05) is 30.3 Å². The molecule has 3 nitrogen and oxygen atoms in total. The van der Waals surface area contributed by atoms with E-state index in [0.29, 0.717) is 5.75 Å². The highest BCUT2D eigenvalue weighted by Gasteiger charge is 2.23. The number of hydrogen-bond donors (Lipinski definition) is 0. The van der Waals surface area contributed by atoms with Gasteiger partial charge in [-0.25, -0.2) is 0 Å². The van der Waals surface area contributed by atoms with Crippen LogP contribution in [0.3, 0.4) is 0 Å². The van der Waals surface area contributed by atoms with Crippen LogP contribution in [-0.2, 0) is 10.8 Å². The van der Waals surface area contributed by atoms with Gasteiger partial charge in [0.05, 0.1) is 0 Å². The Morgan fingerprint density at radius 2 is 1.82 bits per heavy atom. The van der Waals surface area contributed by atoms with E-state index in [1.54, 1.807) is 6.26 Å². The van der Waals surface area contributed by atoms with Crippen molar-refractivity contribution in [2.24, 2.45) is 0 Å². The molecule has 0 bridgehead atoms. The molecule has 0 heterocycles. The molecule has 2 unspecified atom stereocenters. The molecular weight excluding hydrogens is 234 g/mol. The molecule has 0 aliphatic carbocycles. The summed E-state index contributed by atoms with van der Waals surface area (Å²) in [5, 5.41) is 13.3. The van der Waals surface area contributed by atoms with E-state index in [2.05, 4.69) is 0 Å². The summed E-state index contributed by atoms with van der Waals surface area (Å²) in [5.41, 5.74) is 0.437. The van der Waals surface area contributed by atoms with Crippen molar-refractivity contribution in [1.82, 2.24) is 5.06 Å². The van der Waals surface area contributed by atoms with Crippen LogP contribution in [0.2, 0.25) is 0 Å². The highest BCUT2D eigenvalue weighted by atomic mass is 32.2. The van der Waals surface area contributed by atoms with Crippen LogP contribution < -0.4 is 0 Å². The van der Waals surface area contributed by atoms with Crippen molar-refractivity contribution >= 4 is 10.8 Å². The summed E-state index contributed by atoms with van der Waals surface area (Å²) < 4.78 is 11.4. The Morgan fingerprint density at radius 3 is 2.24 bits per heavy atom. The maximum Gasteiger partial charge on any atom is 0.0421 e. The van der Waals surface area contributed by atoms with Crippen LogP contribution in [0.5, 0.6) is 0 Å². The fraction of sp³-hybridized carbons (Fsp3) is 0.538. The molecule has 0 N–H and O–H groups in total. The first-order valence-corrected chi connectivity index (χ1v) is 7.36. The zero-order valence-electron chi connectivity index (χ0n) is 10.8. The Balaban J connectivity index is 3.00. The molecule has 1 aromatic rings. The van der Waals surface area contributed by atoms with Gasteiger partial charge in [-0.05, 0) is 26.3 Å². The molecular formula is C13H20NO2S-. The number of nitrogens with zero attached hydrogens (tertiary/aromatic N) is 1. The molecule has 0 saturated heterocycles. The third-order valence-corrected chi connectivity index (χ3v) is 3.31. The van der Waals surface area contributed by atoms with Crippen LogP contribution in [-0.4, -0.2) is 26.8 Å². The van der Waals surface area contributed by atoms with E-state index in [1.807, 2.05) is 51.1 Å². The lowest BCUT2D eigenvalue weighted by Gasteiger charge is -2.47. The van der Waals surface area contributed by atoms with Gasteiger partial charge in [0, 0.05) is 34.4 Å². The number of hydroxylamine groups is 2. The van der Waals surface area contributed by atoms with Gasteiger partial charge in [0.15, 0.2) is 0 Å². The van der Waals surface area contributed by atoms with Crippen LogP contribution in [0.1, 0.15) is 32.4 Å². The molecule has 1 aromatic carbocycles. The lowest BCUT2D eigenvalue weighted by Crippen LogP contribution is -2.41. The normalized spacial score (nSPS) is 15.9. The SMILES string of the molecule is CS(=O)CC(c1ccccc1)N([O-])C(C)(C)C. The predicted molar refractivity (Wildman–Crippen MR) is 73.1 cm³/mol. The average molecular weight is 254 g/mol. The third-order valence-electron chi connectivity index (χ3n) is 2.52. The van der Waals surface area contributed by atoms with Gasteiger partial charge in [-0.15, -0.1) is 0 Å². The molecule has 0 radical (unpaired) electrons. The van der Waals surface area contributed by atoms with E-state index < -0.39 is 16.3 Å².